The number of nitrogens with zero attached hydrogens (tertiary/aromatic N) is 2. The summed E-state index contributed by atoms with van der Waals surface area (Å²) in [5.41, 5.74) is 1.23. The second kappa shape index (κ2) is 11.2. The Labute approximate surface area is 181 Å². The van der Waals surface area contributed by atoms with Gasteiger partial charge < -0.3 is 20.3 Å². The lowest BCUT2D eigenvalue weighted by atomic mass is 9.83. The quantitative estimate of drug-likeness (QED) is 0.481. The van der Waals surface area contributed by atoms with Crippen molar-refractivity contribution in [2.24, 2.45) is 16.8 Å². The first-order valence-corrected chi connectivity index (χ1v) is 11.5. The molecule has 30 heavy (non-hydrogen) atoms. The van der Waals surface area contributed by atoms with Crippen molar-refractivity contribution < 1.29 is 9.53 Å². The van der Waals surface area contributed by atoms with Crippen LogP contribution < -0.4 is 15.4 Å². The summed E-state index contributed by atoms with van der Waals surface area (Å²) < 4.78 is 5.57. The molecule has 2 saturated carbocycles. The highest BCUT2D eigenvalue weighted by molar-refractivity contribution is 5.79. The van der Waals surface area contributed by atoms with Gasteiger partial charge in [0, 0.05) is 33.2 Å². The van der Waals surface area contributed by atoms with Crippen molar-refractivity contribution in [3.8, 4) is 5.75 Å². The average Bonchev–Trinajstić information content (AvgIpc) is 3.56. The summed E-state index contributed by atoms with van der Waals surface area (Å²) in [4.78, 5) is 18.4. The number of hydrogen-bond acceptors (Lipinski definition) is 3. The molecule has 2 N–H and O–H groups in total. The SMILES string of the molecule is CN=C(NCCc1ccc(OCC(=O)NC2CC2)cc1)N(C)CC1CCC(C)CC1. The minimum absolute atomic E-state index is 0.0379. The number of rotatable bonds is 9. The normalized spacial score (nSPS) is 21.8. The fourth-order valence-electron chi connectivity index (χ4n) is 4.09. The Morgan fingerprint density at radius 2 is 1.83 bits per heavy atom. The Morgan fingerprint density at radius 3 is 2.47 bits per heavy atom. The first-order chi connectivity index (χ1) is 14.5. The molecule has 0 aliphatic heterocycles. The van der Waals surface area contributed by atoms with E-state index in [1.165, 1.54) is 31.2 Å². The first-order valence-electron chi connectivity index (χ1n) is 11.5. The lowest BCUT2D eigenvalue weighted by molar-refractivity contribution is -0.123. The van der Waals surface area contributed by atoms with Crippen molar-refractivity contribution in [2.45, 2.75) is 57.9 Å². The third-order valence-corrected chi connectivity index (χ3v) is 6.17. The average molecular weight is 415 g/mol. The molecule has 2 aliphatic rings. The molecule has 0 atom stereocenters. The minimum atomic E-state index is -0.0379. The number of hydrogen-bond donors (Lipinski definition) is 2. The van der Waals surface area contributed by atoms with Crippen LogP contribution in [0.1, 0.15) is 51.0 Å². The molecule has 1 amide bonds. The standard InChI is InChI=1S/C24H38N4O2/c1-18-4-6-20(7-5-18)16-28(3)24(25-2)26-15-14-19-8-12-22(13-9-19)30-17-23(29)27-21-10-11-21/h8-9,12-13,18,20-21H,4-7,10-11,14-17H2,1-3H3,(H,25,26)(H,27,29). The van der Waals surface area contributed by atoms with Crippen molar-refractivity contribution in [3.05, 3.63) is 29.8 Å². The molecule has 0 saturated heterocycles. The number of aliphatic imine (C=N–C) groups is 1. The van der Waals surface area contributed by atoms with Crippen LogP contribution in [0.3, 0.4) is 0 Å². The van der Waals surface area contributed by atoms with Gasteiger partial charge in [0.05, 0.1) is 0 Å². The maximum atomic E-state index is 11.7. The molecular formula is C24H38N4O2. The van der Waals surface area contributed by atoms with Crippen molar-refractivity contribution in [2.75, 3.05) is 33.8 Å². The molecule has 0 bridgehead atoms. The van der Waals surface area contributed by atoms with Gasteiger partial charge in [-0.05, 0) is 61.6 Å². The Balaban J connectivity index is 1.35. The van der Waals surface area contributed by atoms with Gasteiger partial charge in [-0.1, -0.05) is 31.9 Å². The van der Waals surface area contributed by atoms with Crippen LogP contribution in [0.4, 0.5) is 0 Å². The molecule has 1 aromatic rings. The highest BCUT2D eigenvalue weighted by Gasteiger charge is 2.23. The van der Waals surface area contributed by atoms with Crippen LogP contribution in [-0.2, 0) is 11.2 Å². The number of carbonyl (C=O) groups is 1. The Bertz CT molecular complexity index is 692. The number of carbonyl (C=O) groups excluding carboxylic acids is 1. The Hall–Kier alpha value is -2.24. The zero-order valence-corrected chi connectivity index (χ0v) is 18.8. The van der Waals surface area contributed by atoms with E-state index in [0.29, 0.717) is 6.04 Å². The van der Waals surface area contributed by atoms with E-state index in [2.05, 4.69) is 46.6 Å². The summed E-state index contributed by atoms with van der Waals surface area (Å²) >= 11 is 0. The van der Waals surface area contributed by atoms with E-state index in [9.17, 15) is 4.79 Å². The maximum Gasteiger partial charge on any atom is 0.258 e. The van der Waals surface area contributed by atoms with Gasteiger partial charge in [-0.3, -0.25) is 9.79 Å². The summed E-state index contributed by atoms with van der Waals surface area (Å²) in [7, 11) is 3.99. The van der Waals surface area contributed by atoms with Gasteiger partial charge in [-0.25, -0.2) is 0 Å². The van der Waals surface area contributed by atoms with Crippen molar-refractivity contribution in [1.82, 2.24) is 15.5 Å². The first kappa shape index (κ1) is 22.4. The van der Waals surface area contributed by atoms with Gasteiger partial charge in [-0.2, -0.15) is 0 Å². The van der Waals surface area contributed by atoms with Gasteiger partial charge in [-0.15, -0.1) is 0 Å². The van der Waals surface area contributed by atoms with Crippen molar-refractivity contribution in [1.29, 1.82) is 0 Å². The van der Waals surface area contributed by atoms with Gasteiger partial charge in [0.2, 0.25) is 0 Å². The summed E-state index contributed by atoms with van der Waals surface area (Å²) in [5.74, 6) is 3.33. The minimum Gasteiger partial charge on any atom is -0.484 e. The van der Waals surface area contributed by atoms with E-state index >= 15 is 0 Å². The zero-order valence-electron chi connectivity index (χ0n) is 18.8. The van der Waals surface area contributed by atoms with Crippen molar-refractivity contribution in [3.63, 3.8) is 0 Å². The molecule has 0 aromatic heterocycles. The second-order valence-electron chi connectivity index (χ2n) is 9.00. The lowest BCUT2D eigenvalue weighted by Gasteiger charge is -2.31. The topological polar surface area (TPSA) is 66.0 Å². The highest BCUT2D eigenvalue weighted by Crippen LogP contribution is 2.28. The van der Waals surface area contributed by atoms with Crippen LogP contribution in [-0.4, -0.2) is 56.6 Å². The van der Waals surface area contributed by atoms with Crippen LogP contribution in [0, 0.1) is 11.8 Å². The zero-order chi connectivity index (χ0) is 21.3. The molecule has 0 heterocycles. The lowest BCUT2D eigenvalue weighted by Crippen LogP contribution is -2.42. The molecule has 0 radical (unpaired) electrons. The van der Waals surface area contributed by atoms with Gasteiger partial charge in [0.15, 0.2) is 12.6 Å². The molecule has 0 unspecified atom stereocenters. The predicted octanol–water partition coefficient (Wildman–Crippen LogP) is 3.22. The summed E-state index contributed by atoms with van der Waals surface area (Å²) in [5, 5.41) is 6.42. The number of amides is 1. The van der Waals surface area contributed by atoms with Crippen LogP contribution in [0.15, 0.2) is 29.3 Å². The van der Waals surface area contributed by atoms with E-state index < -0.39 is 0 Å². The molecule has 2 aliphatic carbocycles. The van der Waals surface area contributed by atoms with Crippen LogP contribution in [0.25, 0.3) is 0 Å². The van der Waals surface area contributed by atoms with Crippen LogP contribution >= 0.6 is 0 Å². The van der Waals surface area contributed by atoms with Gasteiger partial charge >= 0.3 is 0 Å². The van der Waals surface area contributed by atoms with Crippen LogP contribution in [0.5, 0.6) is 5.75 Å². The van der Waals surface area contributed by atoms with E-state index in [1.54, 1.807) is 0 Å². The van der Waals surface area contributed by atoms with Gasteiger partial charge in [0.25, 0.3) is 5.91 Å². The molecule has 1 aromatic carbocycles. The molecule has 0 spiro atoms. The monoisotopic (exact) mass is 414 g/mol. The predicted molar refractivity (Wildman–Crippen MR) is 122 cm³/mol. The van der Waals surface area contributed by atoms with Crippen LogP contribution in [0.2, 0.25) is 0 Å². The third-order valence-electron chi connectivity index (χ3n) is 6.17. The van der Waals surface area contributed by atoms with Gasteiger partial charge in [0.1, 0.15) is 5.75 Å². The Morgan fingerprint density at radius 1 is 1.13 bits per heavy atom. The largest absolute Gasteiger partial charge is 0.484 e. The molecule has 6 nitrogen and oxygen atoms in total. The maximum absolute atomic E-state index is 11.7. The molecule has 3 rings (SSSR count). The Kier molecular flexibility index (Phi) is 8.40. The fraction of sp³-hybridized carbons (Fsp3) is 0.667. The van der Waals surface area contributed by atoms with E-state index in [4.69, 9.17) is 4.74 Å². The van der Waals surface area contributed by atoms with Crippen molar-refractivity contribution >= 4 is 11.9 Å². The third kappa shape index (κ3) is 7.54. The number of guanidine groups is 1. The summed E-state index contributed by atoms with van der Waals surface area (Å²) in [6, 6.07) is 8.37. The molecule has 6 heteroatoms. The second-order valence-corrected chi connectivity index (χ2v) is 9.00. The van der Waals surface area contributed by atoms with E-state index in [1.807, 2.05) is 19.2 Å². The van der Waals surface area contributed by atoms with E-state index in [0.717, 1.165) is 55.9 Å². The summed E-state index contributed by atoms with van der Waals surface area (Å²) in [6.45, 7) is 4.36. The smallest absolute Gasteiger partial charge is 0.258 e. The molecular weight excluding hydrogens is 376 g/mol. The molecule has 166 valence electrons. The molecule has 2 fully saturated rings. The number of ether oxygens (including phenoxy) is 1. The van der Waals surface area contributed by atoms with E-state index in [-0.39, 0.29) is 12.5 Å². The highest BCUT2D eigenvalue weighted by atomic mass is 16.5. The fourth-order valence-corrected chi connectivity index (χ4v) is 4.09. The summed E-state index contributed by atoms with van der Waals surface area (Å²) in [6.07, 6.45) is 8.47. The number of benzene rings is 1. The number of nitrogens with one attached hydrogen (secondary N) is 2.